The fourth-order valence-corrected chi connectivity index (χ4v) is 3.55. The van der Waals surface area contributed by atoms with Crippen molar-refractivity contribution in [2.45, 2.75) is 17.8 Å². The van der Waals surface area contributed by atoms with Crippen molar-refractivity contribution in [3.05, 3.63) is 59.5 Å². The lowest BCUT2D eigenvalue weighted by molar-refractivity contribution is -0.118. The van der Waals surface area contributed by atoms with Crippen LogP contribution in [0.4, 0.5) is 5.13 Å². The normalized spacial score (nSPS) is 10.5. The summed E-state index contributed by atoms with van der Waals surface area (Å²) in [7, 11) is 0. The van der Waals surface area contributed by atoms with Gasteiger partial charge in [0.2, 0.25) is 11.0 Å². The highest BCUT2D eigenvalue weighted by Gasteiger charge is 2.12. The summed E-state index contributed by atoms with van der Waals surface area (Å²) in [4.78, 5) is 24.0. The van der Waals surface area contributed by atoms with E-state index < -0.39 is 0 Å². The van der Waals surface area contributed by atoms with Crippen LogP contribution in [0.1, 0.15) is 21.7 Å². The number of benzene rings is 1. The maximum atomic E-state index is 12.1. The molecule has 2 N–H and O–H groups in total. The summed E-state index contributed by atoms with van der Waals surface area (Å²) in [6.07, 6.45) is 1.56. The van der Waals surface area contributed by atoms with Crippen LogP contribution >= 0.6 is 23.1 Å². The monoisotopic (exact) mass is 388 g/mol. The molecule has 0 radical (unpaired) electrons. The Morgan fingerprint density at radius 2 is 2.00 bits per heavy atom. The molecule has 1 aromatic carbocycles. The van der Waals surface area contributed by atoms with Crippen LogP contribution in [0.25, 0.3) is 0 Å². The summed E-state index contributed by atoms with van der Waals surface area (Å²) in [5.74, 6) is 0.530. The van der Waals surface area contributed by atoms with Crippen LogP contribution < -0.4 is 10.6 Å². The van der Waals surface area contributed by atoms with E-state index in [4.69, 9.17) is 4.42 Å². The fourth-order valence-electron chi connectivity index (χ4n) is 1.97. The lowest BCUT2D eigenvalue weighted by Crippen LogP contribution is -2.24. The molecular formula is C17H16N4O3S2. The molecule has 3 rings (SSSR count). The highest BCUT2D eigenvalue weighted by molar-refractivity contribution is 8.01. The van der Waals surface area contributed by atoms with Crippen molar-refractivity contribution in [3.8, 4) is 0 Å². The Balaban J connectivity index is 1.46. The number of aryl methyl sites for hydroxylation is 1. The van der Waals surface area contributed by atoms with Crippen molar-refractivity contribution in [1.82, 2.24) is 15.5 Å². The van der Waals surface area contributed by atoms with Gasteiger partial charge in [-0.25, -0.2) is 0 Å². The Labute approximate surface area is 158 Å². The maximum Gasteiger partial charge on any atom is 0.257 e. The predicted molar refractivity (Wildman–Crippen MR) is 100 cm³/mol. The summed E-state index contributed by atoms with van der Waals surface area (Å²) in [5.41, 5.74) is 1.64. The van der Waals surface area contributed by atoms with Crippen LogP contribution in [-0.4, -0.2) is 27.8 Å². The molecule has 0 unspecified atom stereocenters. The number of nitrogens with one attached hydrogen (secondary N) is 2. The Morgan fingerprint density at radius 3 is 2.73 bits per heavy atom. The van der Waals surface area contributed by atoms with Gasteiger partial charge >= 0.3 is 0 Å². The third-order valence-electron chi connectivity index (χ3n) is 3.31. The molecule has 26 heavy (non-hydrogen) atoms. The second kappa shape index (κ2) is 8.63. The Kier molecular flexibility index (Phi) is 6.03. The summed E-state index contributed by atoms with van der Waals surface area (Å²) >= 11 is 2.49. The highest BCUT2D eigenvalue weighted by Crippen LogP contribution is 2.25. The quantitative estimate of drug-likeness (QED) is 0.477. The van der Waals surface area contributed by atoms with Gasteiger partial charge in [-0.1, -0.05) is 40.8 Å². The second-order valence-corrected chi connectivity index (χ2v) is 7.54. The first kappa shape index (κ1) is 18.2. The minimum atomic E-state index is -0.242. The van der Waals surface area contributed by atoms with Gasteiger partial charge in [-0.3, -0.25) is 14.9 Å². The standard InChI is InChI=1S/C17H16N4O3S2/c1-11-4-6-12(7-5-11)15(23)19-16-20-21-17(26-16)25-10-14(22)18-9-13-3-2-8-24-13/h2-8H,9-10H2,1H3,(H,18,22)(H,19,20,23). The lowest BCUT2D eigenvalue weighted by atomic mass is 10.1. The van der Waals surface area contributed by atoms with Gasteiger partial charge in [-0.05, 0) is 31.2 Å². The topological polar surface area (TPSA) is 97.1 Å². The Hall–Kier alpha value is -2.65. The Bertz CT molecular complexity index is 876. The first-order valence-corrected chi connectivity index (χ1v) is 9.54. The van der Waals surface area contributed by atoms with Gasteiger partial charge in [0.15, 0.2) is 4.34 Å². The molecule has 134 valence electrons. The SMILES string of the molecule is Cc1ccc(C(=O)Nc2nnc(SCC(=O)NCc3ccco3)s2)cc1. The number of carbonyl (C=O) groups is 2. The highest BCUT2D eigenvalue weighted by atomic mass is 32.2. The van der Waals surface area contributed by atoms with Crippen molar-refractivity contribution in [1.29, 1.82) is 0 Å². The van der Waals surface area contributed by atoms with E-state index in [1.165, 1.54) is 23.1 Å². The van der Waals surface area contributed by atoms with Crippen molar-refractivity contribution >= 4 is 40.0 Å². The average Bonchev–Trinajstić information content (AvgIpc) is 3.30. The van der Waals surface area contributed by atoms with Crippen LogP contribution in [0.2, 0.25) is 0 Å². The number of amides is 2. The van der Waals surface area contributed by atoms with E-state index in [-0.39, 0.29) is 17.6 Å². The minimum Gasteiger partial charge on any atom is -0.467 e. The molecule has 0 fully saturated rings. The number of anilines is 1. The molecule has 7 nitrogen and oxygen atoms in total. The second-order valence-electron chi connectivity index (χ2n) is 5.34. The largest absolute Gasteiger partial charge is 0.467 e. The molecule has 0 aliphatic rings. The molecule has 2 amide bonds. The van der Waals surface area contributed by atoms with Gasteiger partial charge in [0.1, 0.15) is 5.76 Å². The van der Waals surface area contributed by atoms with Crippen molar-refractivity contribution in [2.75, 3.05) is 11.1 Å². The van der Waals surface area contributed by atoms with Crippen molar-refractivity contribution in [2.24, 2.45) is 0 Å². The van der Waals surface area contributed by atoms with E-state index >= 15 is 0 Å². The summed E-state index contributed by atoms with van der Waals surface area (Å²) in [6, 6.07) is 10.8. The van der Waals surface area contributed by atoms with E-state index in [9.17, 15) is 9.59 Å². The number of carbonyl (C=O) groups excluding carboxylic acids is 2. The van der Waals surface area contributed by atoms with E-state index in [0.717, 1.165) is 5.56 Å². The van der Waals surface area contributed by atoms with E-state index in [1.807, 2.05) is 19.1 Å². The number of hydrogen-bond acceptors (Lipinski definition) is 7. The van der Waals surface area contributed by atoms with Gasteiger partial charge in [-0.2, -0.15) is 0 Å². The predicted octanol–water partition coefficient (Wildman–Crippen LogP) is 3.10. The summed E-state index contributed by atoms with van der Waals surface area (Å²) in [6.45, 7) is 2.31. The number of aromatic nitrogens is 2. The van der Waals surface area contributed by atoms with Gasteiger partial charge in [0, 0.05) is 5.56 Å². The van der Waals surface area contributed by atoms with Gasteiger partial charge in [0.05, 0.1) is 18.6 Å². The van der Waals surface area contributed by atoms with Gasteiger partial charge < -0.3 is 9.73 Å². The van der Waals surface area contributed by atoms with Gasteiger partial charge in [0.25, 0.3) is 5.91 Å². The molecule has 0 saturated heterocycles. The number of hydrogen-bond donors (Lipinski definition) is 2. The third-order valence-corrected chi connectivity index (χ3v) is 5.28. The van der Waals surface area contributed by atoms with Crippen LogP contribution in [0, 0.1) is 6.92 Å². The zero-order valence-corrected chi connectivity index (χ0v) is 15.5. The van der Waals surface area contributed by atoms with E-state index in [2.05, 4.69) is 20.8 Å². The zero-order chi connectivity index (χ0) is 18.4. The molecule has 0 aliphatic heterocycles. The van der Waals surface area contributed by atoms with E-state index in [0.29, 0.717) is 27.3 Å². The van der Waals surface area contributed by atoms with Crippen molar-refractivity contribution < 1.29 is 14.0 Å². The smallest absolute Gasteiger partial charge is 0.257 e. The van der Waals surface area contributed by atoms with Gasteiger partial charge in [-0.15, -0.1) is 10.2 Å². The maximum absolute atomic E-state index is 12.1. The number of thioether (sulfide) groups is 1. The third kappa shape index (κ3) is 5.17. The molecule has 0 spiro atoms. The average molecular weight is 388 g/mol. The van der Waals surface area contributed by atoms with Crippen LogP contribution in [0.15, 0.2) is 51.4 Å². The molecule has 2 aromatic heterocycles. The molecule has 9 heteroatoms. The zero-order valence-electron chi connectivity index (χ0n) is 13.9. The number of rotatable bonds is 7. The first-order valence-electron chi connectivity index (χ1n) is 7.73. The molecule has 0 aliphatic carbocycles. The fraction of sp³-hybridized carbons (Fsp3) is 0.176. The van der Waals surface area contributed by atoms with Crippen LogP contribution in [0.5, 0.6) is 0 Å². The van der Waals surface area contributed by atoms with Crippen molar-refractivity contribution in [3.63, 3.8) is 0 Å². The van der Waals surface area contributed by atoms with Crippen LogP contribution in [0.3, 0.4) is 0 Å². The van der Waals surface area contributed by atoms with Crippen LogP contribution in [-0.2, 0) is 11.3 Å². The number of furan rings is 1. The number of nitrogens with zero attached hydrogens (tertiary/aromatic N) is 2. The molecule has 0 atom stereocenters. The lowest BCUT2D eigenvalue weighted by Gasteiger charge is -2.01. The first-order chi connectivity index (χ1) is 12.6. The minimum absolute atomic E-state index is 0.133. The molecule has 0 saturated carbocycles. The molecule has 3 aromatic rings. The Morgan fingerprint density at radius 1 is 1.19 bits per heavy atom. The molecule has 0 bridgehead atoms. The summed E-state index contributed by atoms with van der Waals surface area (Å²) in [5, 5.41) is 13.8. The molecular weight excluding hydrogens is 372 g/mol. The summed E-state index contributed by atoms with van der Waals surface area (Å²) < 4.78 is 5.76. The van der Waals surface area contributed by atoms with E-state index in [1.54, 1.807) is 30.5 Å². The molecule has 2 heterocycles.